The van der Waals surface area contributed by atoms with Crippen LogP contribution in [0.3, 0.4) is 0 Å². The summed E-state index contributed by atoms with van der Waals surface area (Å²) < 4.78 is 5.01. The first-order valence-electron chi connectivity index (χ1n) is 5.13. The number of benzene rings is 1. The molecule has 88 valence electrons. The molecule has 1 saturated heterocycles. The van der Waals surface area contributed by atoms with Gasteiger partial charge in [-0.15, -0.1) is 0 Å². The molecule has 3 rings (SSSR count). The first-order valence-corrected chi connectivity index (χ1v) is 5.13. The normalized spacial score (nSPS) is 14.8. The molecule has 0 radical (unpaired) electrons. The molecule has 0 bridgehead atoms. The van der Waals surface area contributed by atoms with Crippen molar-refractivity contribution >= 4 is 24.4 Å². The molecule has 0 aliphatic carbocycles. The van der Waals surface area contributed by atoms with Gasteiger partial charge in [-0.3, -0.25) is 5.10 Å². The molecular formula is C11H17N3OS. The Morgan fingerprint density at radius 1 is 1.12 bits per heavy atom. The highest BCUT2D eigenvalue weighted by molar-refractivity contribution is 7.59. The maximum Gasteiger partial charge on any atom is 0.0650 e. The van der Waals surface area contributed by atoms with E-state index in [0.29, 0.717) is 0 Å². The van der Waals surface area contributed by atoms with Gasteiger partial charge in [-0.2, -0.15) is 18.6 Å². The van der Waals surface area contributed by atoms with Crippen LogP contribution in [0.1, 0.15) is 0 Å². The van der Waals surface area contributed by atoms with Gasteiger partial charge in [-0.1, -0.05) is 18.2 Å². The van der Waals surface area contributed by atoms with Crippen LogP contribution in [0, 0.1) is 0 Å². The minimum atomic E-state index is 0. The lowest BCUT2D eigenvalue weighted by atomic mass is 10.3. The molecule has 0 atom stereocenters. The lowest BCUT2D eigenvalue weighted by molar-refractivity contribution is 0.109. The number of aromatic nitrogens is 2. The maximum atomic E-state index is 5.01. The van der Waals surface area contributed by atoms with Gasteiger partial charge < -0.3 is 10.1 Å². The standard InChI is InChI=1S/C7H6N2.C4H9NO.H2S/c1-2-4-7-6(3-1)5-8-9-7;1-3-6-4-2-5-1;/h1-5H,(H,8,9);5H,1-4H2;1H2. The molecule has 0 saturated carbocycles. The van der Waals surface area contributed by atoms with Crippen molar-refractivity contribution in [1.29, 1.82) is 0 Å². The second-order valence-corrected chi connectivity index (χ2v) is 3.32. The van der Waals surface area contributed by atoms with Crippen LogP contribution in [0.2, 0.25) is 0 Å². The molecule has 1 aliphatic heterocycles. The Morgan fingerprint density at radius 2 is 1.88 bits per heavy atom. The summed E-state index contributed by atoms with van der Waals surface area (Å²) in [5.41, 5.74) is 1.09. The zero-order valence-corrected chi connectivity index (χ0v) is 10.1. The second-order valence-electron chi connectivity index (χ2n) is 3.32. The Balaban J connectivity index is 0.000000162. The number of hydrogen-bond donors (Lipinski definition) is 2. The van der Waals surface area contributed by atoms with Crippen molar-refractivity contribution in [2.75, 3.05) is 26.3 Å². The monoisotopic (exact) mass is 239 g/mol. The number of nitrogens with zero attached hydrogens (tertiary/aromatic N) is 1. The van der Waals surface area contributed by atoms with E-state index in [0.717, 1.165) is 37.2 Å². The van der Waals surface area contributed by atoms with Gasteiger partial charge >= 0.3 is 0 Å². The number of rotatable bonds is 0. The molecule has 0 spiro atoms. The number of aromatic amines is 1. The largest absolute Gasteiger partial charge is 0.379 e. The highest BCUT2D eigenvalue weighted by Crippen LogP contribution is 2.06. The third kappa shape index (κ3) is 3.84. The molecule has 0 unspecified atom stereocenters. The lowest BCUT2D eigenvalue weighted by Gasteiger charge is -2.10. The fraction of sp³-hybridized carbons (Fsp3) is 0.364. The number of fused-ring (bicyclic) bond motifs is 1. The summed E-state index contributed by atoms with van der Waals surface area (Å²) in [6, 6.07) is 8.01. The highest BCUT2D eigenvalue weighted by Gasteiger charge is 1.93. The van der Waals surface area contributed by atoms with Crippen molar-refractivity contribution in [1.82, 2.24) is 15.5 Å². The van der Waals surface area contributed by atoms with Crippen molar-refractivity contribution in [2.24, 2.45) is 0 Å². The van der Waals surface area contributed by atoms with Gasteiger partial charge in [0.2, 0.25) is 0 Å². The van der Waals surface area contributed by atoms with Crippen molar-refractivity contribution in [3.63, 3.8) is 0 Å². The van der Waals surface area contributed by atoms with E-state index in [-0.39, 0.29) is 13.5 Å². The van der Waals surface area contributed by atoms with E-state index in [1.807, 2.05) is 30.5 Å². The predicted octanol–water partition coefficient (Wildman–Crippen LogP) is 1.28. The van der Waals surface area contributed by atoms with Crippen LogP contribution < -0.4 is 5.32 Å². The van der Waals surface area contributed by atoms with Crippen LogP contribution in [-0.2, 0) is 4.74 Å². The van der Waals surface area contributed by atoms with Crippen LogP contribution >= 0.6 is 13.5 Å². The summed E-state index contributed by atoms with van der Waals surface area (Å²) in [5, 5.41) is 11.1. The topological polar surface area (TPSA) is 49.9 Å². The number of hydrogen-bond acceptors (Lipinski definition) is 3. The Kier molecular flexibility index (Phi) is 5.92. The van der Waals surface area contributed by atoms with E-state index in [4.69, 9.17) is 4.74 Å². The molecule has 1 fully saturated rings. The van der Waals surface area contributed by atoms with Gasteiger partial charge in [0.1, 0.15) is 0 Å². The molecule has 0 amide bonds. The Labute approximate surface area is 102 Å². The van der Waals surface area contributed by atoms with Crippen molar-refractivity contribution in [3.05, 3.63) is 30.5 Å². The van der Waals surface area contributed by atoms with Crippen LogP contribution in [0.15, 0.2) is 30.5 Å². The molecule has 1 aromatic heterocycles. The van der Waals surface area contributed by atoms with Crippen LogP contribution in [0.25, 0.3) is 10.9 Å². The van der Waals surface area contributed by atoms with E-state index < -0.39 is 0 Å². The quantitative estimate of drug-likeness (QED) is 0.728. The van der Waals surface area contributed by atoms with Crippen molar-refractivity contribution in [2.45, 2.75) is 0 Å². The van der Waals surface area contributed by atoms with E-state index in [1.165, 1.54) is 0 Å². The second kappa shape index (κ2) is 7.27. The van der Waals surface area contributed by atoms with Crippen molar-refractivity contribution < 1.29 is 4.74 Å². The summed E-state index contributed by atoms with van der Waals surface area (Å²) in [6.07, 6.45) is 1.81. The summed E-state index contributed by atoms with van der Waals surface area (Å²) >= 11 is 0. The predicted molar refractivity (Wildman–Crippen MR) is 70.2 cm³/mol. The molecule has 16 heavy (non-hydrogen) atoms. The van der Waals surface area contributed by atoms with Gasteiger partial charge in [-0.25, -0.2) is 0 Å². The van der Waals surface area contributed by atoms with Crippen molar-refractivity contribution in [3.8, 4) is 0 Å². The summed E-state index contributed by atoms with van der Waals surface area (Å²) in [6.45, 7) is 3.83. The summed E-state index contributed by atoms with van der Waals surface area (Å²) in [7, 11) is 0. The fourth-order valence-corrected chi connectivity index (χ4v) is 1.40. The SMILES string of the molecule is C1COCCN1.S.c1ccc2[nH]ncc2c1. The molecule has 2 N–H and O–H groups in total. The fourth-order valence-electron chi connectivity index (χ4n) is 1.40. The average molecular weight is 239 g/mol. The molecule has 5 heteroatoms. The van der Waals surface area contributed by atoms with Gasteiger partial charge in [0.25, 0.3) is 0 Å². The molecule has 2 aromatic rings. The number of morpholine rings is 1. The number of ether oxygens (including phenoxy) is 1. The van der Waals surface area contributed by atoms with Gasteiger partial charge in [0.15, 0.2) is 0 Å². The summed E-state index contributed by atoms with van der Waals surface area (Å²) in [4.78, 5) is 0. The first-order chi connectivity index (χ1) is 7.47. The molecule has 1 aliphatic rings. The number of para-hydroxylation sites is 1. The molecular weight excluding hydrogens is 222 g/mol. The Bertz CT molecular complexity index is 359. The molecule has 4 nitrogen and oxygen atoms in total. The first kappa shape index (κ1) is 13.0. The maximum absolute atomic E-state index is 5.01. The molecule has 2 heterocycles. The minimum absolute atomic E-state index is 0. The van der Waals surface area contributed by atoms with E-state index in [1.54, 1.807) is 0 Å². The number of H-pyrrole nitrogens is 1. The highest BCUT2D eigenvalue weighted by atomic mass is 32.1. The zero-order valence-electron chi connectivity index (χ0n) is 9.07. The van der Waals surface area contributed by atoms with E-state index >= 15 is 0 Å². The average Bonchev–Trinajstić information content (AvgIpc) is 2.80. The zero-order chi connectivity index (χ0) is 10.3. The smallest absolute Gasteiger partial charge is 0.0650 e. The van der Waals surface area contributed by atoms with Gasteiger partial charge in [0, 0.05) is 18.5 Å². The molecule has 1 aromatic carbocycles. The third-order valence-electron chi connectivity index (χ3n) is 2.20. The van der Waals surface area contributed by atoms with E-state index in [9.17, 15) is 0 Å². The Hall–Kier alpha value is -1.04. The van der Waals surface area contributed by atoms with Gasteiger partial charge in [-0.05, 0) is 6.07 Å². The Morgan fingerprint density at radius 3 is 2.44 bits per heavy atom. The van der Waals surface area contributed by atoms with Gasteiger partial charge in [0.05, 0.1) is 24.9 Å². The van der Waals surface area contributed by atoms with E-state index in [2.05, 4.69) is 15.5 Å². The minimum Gasteiger partial charge on any atom is -0.379 e. The number of nitrogens with one attached hydrogen (secondary N) is 2. The lowest BCUT2D eigenvalue weighted by Crippen LogP contribution is -2.30. The third-order valence-corrected chi connectivity index (χ3v) is 2.20. The van der Waals surface area contributed by atoms with Crippen LogP contribution in [0.4, 0.5) is 0 Å². The van der Waals surface area contributed by atoms with Crippen LogP contribution in [0.5, 0.6) is 0 Å². The van der Waals surface area contributed by atoms with Crippen LogP contribution in [-0.4, -0.2) is 36.5 Å². The summed E-state index contributed by atoms with van der Waals surface area (Å²) in [5.74, 6) is 0.